The van der Waals surface area contributed by atoms with Crippen molar-refractivity contribution >= 4 is 12.0 Å². The van der Waals surface area contributed by atoms with E-state index in [-0.39, 0.29) is 19.1 Å². The van der Waals surface area contributed by atoms with Gasteiger partial charge in [0.25, 0.3) is 0 Å². The number of urea groups is 1. The Morgan fingerprint density at radius 1 is 1.47 bits per heavy atom. The first-order valence-electron chi connectivity index (χ1n) is 6.44. The van der Waals surface area contributed by atoms with Crippen LogP contribution >= 0.6 is 0 Å². The lowest BCUT2D eigenvalue weighted by Gasteiger charge is -2.35. The molecule has 1 unspecified atom stereocenters. The third kappa shape index (κ3) is 4.68. The third-order valence-corrected chi connectivity index (χ3v) is 3.00. The van der Waals surface area contributed by atoms with E-state index in [1.165, 1.54) is 4.90 Å². The molecule has 1 saturated heterocycles. The van der Waals surface area contributed by atoms with Crippen LogP contribution in [-0.4, -0.2) is 65.6 Å². The number of amides is 2. The Morgan fingerprint density at radius 2 is 2.16 bits per heavy atom. The number of rotatable bonds is 5. The van der Waals surface area contributed by atoms with Crippen LogP contribution in [0.5, 0.6) is 0 Å². The van der Waals surface area contributed by atoms with E-state index in [0.717, 1.165) is 0 Å². The Balaban J connectivity index is 2.62. The van der Waals surface area contributed by atoms with E-state index in [1.807, 2.05) is 13.8 Å². The van der Waals surface area contributed by atoms with Gasteiger partial charge < -0.3 is 25.2 Å². The zero-order valence-electron chi connectivity index (χ0n) is 11.3. The topological polar surface area (TPSA) is 99.1 Å². The van der Waals surface area contributed by atoms with Crippen molar-refractivity contribution in [2.45, 2.75) is 32.4 Å². The molecule has 0 aliphatic carbocycles. The summed E-state index contributed by atoms with van der Waals surface area (Å²) in [5.41, 5.74) is 0. The molecule has 110 valence electrons. The number of morpholine rings is 1. The number of hydrogen-bond acceptors (Lipinski definition) is 4. The number of carbonyl (C=O) groups excluding carboxylic acids is 1. The van der Waals surface area contributed by atoms with E-state index < -0.39 is 24.1 Å². The van der Waals surface area contributed by atoms with Crippen molar-refractivity contribution in [2.24, 2.45) is 5.92 Å². The first kappa shape index (κ1) is 15.7. The highest BCUT2D eigenvalue weighted by Gasteiger charge is 2.30. The lowest BCUT2D eigenvalue weighted by Crippen LogP contribution is -2.56. The minimum Gasteiger partial charge on any atom is -0.480 e. The number of aliphatic carboxylic acids is 1. The third-order valence-electron chi connectivity index (χ3n) is 3.00. The van der Waals surface area contributed by atoms with Crippen molar-refractivity contribution in [3.63, 3.8) is 0 Å². The minimum atomic E-state index is -1.05. The fourth-order valence-electron chi connectivity index (χ4n) is 2.00. The standard InChI is InChI=1S/C12H22N2O5/c1-8(2)5-10(11(16)17)13-12(18)14-3-4-19-7-9(14)6-15/h8-10,15H,3-7H2,1-2H3,(H,13,18)(H,16,17)/t9?,10-/m0/s1. The number of aliphatic hydroxyl groups is 1. The van der Waals surface area contributed by atoms with Crippen LogP contribution in [-0.2, 0) is 9.53 Å². The van der Waals surface area contributed by atoms with Gasteiger partial charge in [0.2, 0.25) is 0 Å². The zero-order chi connectivity index (χ0) is 14.4. The number of carboxylic acid groups (broad SMARTS) is 1. The Hall–Kier alpha value is -1.34. The first-order valence-corrected chi connectivity index (χ1v) is 6.44. The number of nitrogens with zero attached hydrogens (tertiary/aromatic N) is 1. The molecule has 0 aromatic rings. The van der Waals surface area contributed by atoms with Crippen LogP contribution in [0.4, 0.5) is 4.79 Å². The fourth-order valence-corrected chi connectivity index (χ4v) is 2.00. The average Bonchev–Trinajstić information content (AvgIpc) is 2.37. The summed E-state index contributed by atoms with van der Waals surface area (Å²) in [6.45, 7) is 4.61. The van der Waals surface area contributed by atoms with Gasteiger partial charge in [-0.3, -0.25) is 0 Å². The summed E-state index contributed by atoms with van der Waals surface area (Å²) in [7, 11) is 0. The summed E-state index contributed by atoms with van der Waals surface area (Å²) in [6.07, 6.45) is 0.370. The van der Waals surface area contributed by atoms with Crippen LogP contribution in [0, 0.1) is 5.92 Å². The molecule has 7 nitrogen and oxygen atoms in total. The second-order valence-corrected chi connectivity index (χ2v) is 5.07. The summed E-state index contributed by atoms with van der Waals surface area (Å²) in [6, 6.07) is -1.78. The van der Waals surface area contributed by atoms with Crippen LogP contribution in [0.2, 0.25) is 0 Å². The Kier molecular flexibility index (Phi) is 6.04. The predicted octanol–water partition coefficient (Wildman–Crippen LogP) is -0.112. The summed E-state index contributed by atoms with van der Waals surface area (Å²) in [5.74, 6) is -0.879. The summed E-state index contributed by atoms with van der Waals surface area (Å²) >= 11 is 0. The second kappa shape index (κ2) is 7.30. The molecule has 2 amide bonds. The molecule has 7 heteroatoms. The zero-order valence-corrected chi connectivity index (χ0v) is 11.3. The average molecular weight is 274 g/mol. The van der Waals surface area contributed by atoms with Gasteiger partial charge in [-0.1, -0.05) is 13.8 Å². The maximum absolute atomic E-state index is 12.0. The summed E-state index contributed by atoms with van der Waals surface area (Å²) < 4.78 is 5.17. The molecular weight excluding hydrogens is 252 g/mol. The van der Waals surface area contributed by atoms with Gasteiger partial charge in [0.05, 0.1) is 25.9 Å². The van der Waals surface area contributed by atoms with Gasteiger partial charge in [0, 0.05) is 6.54 Å². The van der Waals surface area contributed by atoms with Crippen molar-refractivity contribution in [3.8, 4) is 0 Å². The maximum atomic E-state index is 12.0. The largest absolute Gasteiger partial charge is 0.480 e. The van der Waals surface area contributed by atoms with E-state index in [2.05, 4.69) is 5.32 Å². The van der Waals surface area contributed by atoms with Gasteiger partial charge in [0.1, 0.15) is 6.04 Å². The number of nitrogens with one attached hydrogen (secondary N) is 1. The van der Waals surface area contributed by atoms with Crippen molar-refractivity contribution in [1.82, 2.24) is 10.2 Å². The molecule has 0 spiro atoms. The van der Waals surface area contributed by atoms with Crippen LogP contribution in [0.1, 0.15) is 20.3 Å². The quantitative estimate of drug-likeness (QED) is 0.649. The summed E-state index contributed by atoms with van der Waals surface area (Å²) in [5, 5.41) is 20.8. The molecule has 3 N–H and O–H groups in total. The Morgan fingerprint density at radius 3 is 2.68 bits per heavy atom. The molecule has 1 rings (SSSR count). The van der Waals surface area contributed by atoms with E-state index in [1.54, 1.807) is 0 Å². The smallest absolute Gasteiger partial charge is 0.326 e. The second-order valence-electron chi connectivity index (χ2n) is 5.07. The Bertz CT molecular complexity index is 321. The highest BCUT2D eigenvalue weighted by atomic mass is 16.5. The van der Waals surface area contributed by atoms with Gasteiger partial charge in [-0.05, 0) is 12.3 Å². The van der Waals surface area contributed by atoms with Crippen molar-refractivity contribution < 1.29 is 24.5 Å². The first-order chi connectivity index (χ1) is 8.95. The monoisotopic (exact) mass is 274 g/mol. The van der Waals surface area contributed by atoms with E-state index >= 15 is 0 Å². The van der Waals surface area contributed by atoms with Crippen LogP contribution < -0.4 is 5.32 Å². The highest BCUT2D eigenvalue weighted by Crippen LogP contribution is 2.09. The molecule has 0 aromatic heterocycles. The number of ether oxygens (including phenoxy) is 1. The van der Waals surface area contributed by atoms with Crippen molar-refractivity contribution in [1.29, 1.82) is 0 Å². The van der Waals surface area contributed by atoms with Gasteiger partial charge in [-0.25, -0.2) is 9.59 Å². The number of carboxylic acids is 1. The number of aliphatic hydroxyl groups excluding tert-OH is 1. The minimum absolute atomic E-state index is 0.166. The van der Waals surface area contributed by atoms with Gasteiger partial charge >= 0.3 is 12.0 Å². The molecular formula is C12H22N2O5. The van der Waals surface area contributed by atoms with Gasteiger partial charge in [-0.15, -0.1) is 0 Å². The normalized spacial score (nSPS) is 21.3. The van der Waals surface area contributed by atoms with Gasteiger partial charge in [0.15, 0.2) is 0 Å². The van der Waals surface area contributed by atoms with Crippen LogP contribution in [0.3, 0.4) is 0 Å². The highest BCUT2D eigenvalue weighted by molar-refractivity contribution is 5.82. The van der Waals surface area contributed by atoms with Crippen LogP contribution in [0.15, 0.2) is 0 Å². The van der Waals surface area contributed by atoms with E-state index in [4.69, 9.17) is 9.84 Å². The fraction of sp³-hybridized carbons (Fsp3) is 0.833. The number of hydrogen-bond donors (Lipinski definition) is 3. The van der Waals surface area contributed by atoms with Crippen molar-refractivity contribution in [2.75, 3.05) is 26.4 Å². The number of carbonyl (C=O) groups is 2. The molecule has 1 aliphatic rings. The van der Waals surface area contributed by atoms with Gasteiger partial charge in [-0.2, -0.15) is 0 Å². The van der Waals surface area contributed by atoms with Crippen molar-refractivity contribution in [3.05, 3.63) is 0 Å². The molecule has 0 aromatic carbocycles. The lowest BCUT2D eigenvalue weighted by molar-refractivity contribution is -0.139. The molecule has 0 saturated carbocycles. The SMILES string of the molecule is CC(C)C[C@H](NC(=O)N1CCOCC1CO)C(=O)O. The molecule has 0 radical (unpaired) electrons. The van der Waals surface area contributed by atoms with E-state index in [0.29, 0.717) is 19.6 Å². The molecule has 19 heavy (non-hydrogen) atoms. The molecule has 1 aliphatic heterocycles. The van der Waals surface area contributed by atoms with E-state index in [9.17, 15) is 14.7 Å². The predicted molar refractivity (Wildman–Crippen MR) is 67.8 cm³/mol. The molecule has 2 atom stereocenters. The maximum Gasteiger partial charge on any atom is 0.326 e. The van der Waals surface area contributed by atoms with Crippen LogP contribution in [0.25, 0.3) is 0 Å². The molecule has 0 bridgehead atoms. The molecule has 1 fully saturated rings. The Labute approximate surface area is 112 Å². The lowest BCUT2D eigenvalue weighted by atomic mass is 10.0. The summed E-state index contributed by atoms with van der Waals surface area (Å²) in [4.78, 5) is 24.6. The molecule has 1 heterocycles.